The van der Waals surface area contributed by atoms with Crippen molar-refractivity contribution in [3.8, 4) is 0 Å². The molecule has 2 saturated heterocycles. The number of amides is 1. The normalized spacial score (nSPS) is 22.1. The molecular weight excluding hydrogens is 517 g/mol. The van der Waals surface area contributed by atoms with E-state index in [0.29, 0.717) is 50.4 Å². The number of nitrogens with zero attached hydrogens (tertiary/aromatic N) is 2. The second-order valence-corrected chi connectivity index (χ2v) is 9.24. The van der Waals surface area contributed by atoms with Gasteiger partial charge in [0.1, 0.15) is 5.82 Å². The smallest absolute Gasteiger partial charge is 0.379 e. The summed E-state index contributed by atoms with van der Waals surface area (Å²) in [6.45, 7) is 2.29. The van der Waals surface area contributed by atoms with Gasteiger partial charge in [-0.1, -0.05) is 17.7 Å². The Morgan fingerprint density at radius 3 is 2.08 bits per heavy atom. The number of halogens is 8. The topological polar surface area (TPSA) is 32.8 Å². The number of carbonyl (C=O) groups is 1. The lowest BCUT2D eigenvalue weighted by molar-refractivity contribution is -0.143. The predicted molar refractivity (Wildman–Crippen MR) is 117 cm³/mol. The number of carbonyl (C=O) groups excluding carboxylic acids is 1. The maximum absolute atomic E-state index is 14.3. The molecule has 2 heterocycles. The highest BCUT2D eigenvalue weighted by Gasteiger charge is 2.40. The number of likely N-dealkylation sites (tertiary alicyclic amines) is 1. The van der Waals surface area contributed by atoms with Crippen molar-refractivity contribution in [2.45, 2.75) is 30.7 Å². The molecule has 0 aromatic heterocycles. The van der Waals surface area contributed by atoms with E-state index in [9.17, 15) is 35.5 Å². The van der Waals surface area contributed by atoms with Crippen LogP contribution in [0.15, 0.2) is 36.4 Å². The van der Waals surface area contributed by atoms with Gasteiger partial charge in [-0.25, -0.2) is 4.39 Å². The van der Waals surface area contributed by atoms with Crippen LogP contribution >= 0.6 is 11.6 Å². The van der Waals surface area contributed by atoms with Gasteiger partial charge in [-0.05, 0) is 42.3 Å². The van der Waals surface area contributed by atoms with Gasteiger partial charge in [-0.15, -0.1) is 0 Å². The lowest BCUT2D eigenvalue weighted by atomic mass is 9.84. The third kappa shape index (κ3) is 5.78. The first-order chi connectivity index (χ1) is 16.8. The molecule has 0 spiro atoms. The van der Waals surface area contributed by atoms with Gasteiger partial charge in [0.25, 0.3) is 5.91 Å². The molecule has 12 heteroatoms. The van der Waals surface area contributed by atoms with Gasteiger partial charge in [-0.2, -0.15) is 26.3 Å². The molecular formula is C24H22ClF7N2O2. The van der Waals surface area contributed by atoms with Gasteiger partial charge in [0.05, 0.1) is 29.4 Å². The Labute approximate surface area is 207 Å². The third-order valence-corrected chi connectivity index (χ3v) is 6.89. The summed E-state index contributed by atoms with van der Waals surface area (Å²) >= 11 is 5.82. The molecule has 1 amide bonds. The fourth-order valence-electron chi connectivity index (χ4n) is 4.80. The number of benzene rings is 2. The standard InChI is InChI=1S/C24H22ClF7N2O2/c25-19-2-1-14(11-20(19)26)18-13-34(4-3-21(18)33-5-7-36-8-6-33)22(35)15-9-16(23(27,28)29)12-17(10-15)24(30,31)32/h1-2,9-12,18,21H,3-8,13H2/t18-,21-/m1/s1. The minimum atomic E-state index is -5.07. The first kappa shape index (κ1) is 26.7. The summed E-state index contributed by atoms with van der Waals surface area (Å²) in [6.07, 6.45) is -9.74. The summed E-state index contributed by atoms with van der Waals surface area (Å²) in [5.41, 5.74) is -3.28. The van der Waals surface area contributed by atoms with E-state index in [1.807, 2.05) is 0 Å². The minimum Gasteiger partial charge on any atom is -0.379 e. The van der Waals surface area contributed by atoms with Crippen LogP contribution in [-0.4, -0.2) is 61.1 Å². The maximum atomic E-state index is 14.3. The molecule has 0 radical (unpaired) electrons. The van der Waals surface area contributed by atoms with E-state index in [4.69, 9.17) is 16.3 Å². The summed E-state index contributed by atoms with van der Waals surface area (Å²) in [5, 5.41) is -0.0888. The number of piperidine rings is 1. The van der Waals surface area contributed by atoms with E-state index in [2.05, 4.69) is 4.90 Å². The molecule has 0 bridgehead atoms. The highest BCUT2D eigenvalue weighted by Crippen LogP contribution is 2.38. The van der Waals surface area contributed by atoms with Gasteiger partial charge in [0, 0.05) is 43.7 Å². The molecule has 0 aliphatic carbocycles. The number of morpholine rings is 1. The average molecular weight is 539 g/mol. The average Bonchev–Trinajstić information content (AvgIpc) is 2.84. The summed E-state index contributed by atoms with van der Waals surface area (Å²) < 4.78 is 99.5. The molecule has 36 heavy (non-hydrogen) atoms. The number of ether oxygens (including phenoxy) is 1. The number of hydrogen-bond donors (Lipinski definition) is 0. The van der Waals surface area contributed by atoms with Gasteiger partial charge >= 0.3 is 12.4 Å². The number of hydrogen-bond acceptors (Lipinski definition) is 3. The summed E-state index contributed by atoms with van der Waals surface area (Å²) in [6, 6.07) is 4.97. The van der Waals surface area contributed by atoms with E-state index in [0.717, 1.165) is 0 Å². The summed E-state index contributed by atoms with van der Waals surface area (Å²) in [4.78, 5) is 16.6. The van der Waals surface area contributed by atoms with Crippen LogP contribution in [0.3, 0.4) is 0 Å². The lowest BCUT2D eigenvalue weighted by Gasteiger charge is -2.45. The predicted octanol–water partition coefficient (Wildman–Crippen LogP) is 5.85. The fraction of sp³-hybridized carbons (Fsp3) is 0.458. The van der Waals surface area contributed by atoms with Crippen molar-refractivity contribution < 1.29 is 40.3 Å². The van der Waals surface area contributed by atoms with Crippen molar-refractivity contribution in [3.63, 3.8) is 0 Å². The van der Waals surface area contributed by atoms with Crippen molar-refractivity contribution >= 4 is 17.5 Å². The molecule has 4 rings (SSSR count). The molecule has 2 atom stereocenters. The Balaban J connectivity index is 1.67. The molecule has 2 fully saturated rings. The van der Waals surface area contributed by atoms with Crippen LogP contribution < -0.4 is 0 Å². The molecule has 0 N–H and O–H groups in total. The van der Waals surface area contributed by atoms with Crippen LogP contribution in [0.4, 0.5) is 30.7 Å². The first-order valence-electron chi connectivity index (χ1n) is 11.2. The summed E-state index contributed by atoms with van der Waals surface area (Å²) in [5.74, 6) is -2.06. The van der Waals surface area contributed by atoms with Crippen LogP contribution in [0.5, 0.6) is 0 Å². The molecule has 196 valence electrons. The second kappa shape index (κ2) is 10.2. The Hall–Kier alpha value is -2.37. The summed E-state index contributed by atoms with van der Waals surface area (Å²) in [7, 11) is 0. The fourth-order valence-corrected chi connectivity index (χ4v) is 4.92. The number of alkyl halides is 6. The maximum Gasteiger partial charge on any atom is 0.416 e. The number of rotatable bonds is 3. The van der Waals surface area contributed by atoms with E-state index >= 15 is 0 Å². The first-order valence-corrected chi connectivity index (χ1v) is 11.6. The largest absolute Gasteiger partial charge is 0.416 e. The van der Waals surface area contributed by atoms with Gasteiger partial charge in [0.2, 0.25) is 0 Å². The quantitative estimate of drug-likeness (QED) is 0.460. The highest BCUT2D eigenvalue weighted by atomic mass is 35.5. The highest BCUT2D eigenvalue weighted by molar-refractivity contribution is 6.30. The lowest BCUT2D eigenvalue weighted by Crippen LogP contribution is -2.54. The van der Waals surface area contributed by atoms with Crippen molar-refractivity contribution in [1.29, 1.82) is 0 Å². The Bertz CT molecular complexity index is 1080. The van der Waals surface area contributed by atoms with Crippen LogP contribution in [0.2, 0.25) is 5.02 Å². The third-order valence-electron chi connectivity index (χ3n) is 6.58. The Kier molecular flexibility index (Phi) is 7.55. The Morgan fingerprint density at radius 2 is 1.53 bits per heavy atom. The van der Waals surface area contributed by atoms with E-state index in [-0.39, 0.29) is 30.2 Å². The van der Waals surface area contributed by atoms with Crippen molar-refractivity contribution in [2.75, 3.05) is 39.4 Å². The van der Waals surface area contributed by atoms with Crippen LogP contribution in [0.25, 0.3) is 0 Å². The zero-order valence-corrected chi connectivity index (χ0v) is 19.6. The van der Waals surface area contributed by atoms with Crippen molar-refractivity contribution in [2.24, 2.45) is 0 Å². The zero-order chi connectivity index (χ0) is 26.3. The van der Waals surface area contributed by atoms with E-state index in [1.165, 1.54) is 17.0 Å². The molecule has 0 saturated carbocycles. The van der Waals surface area contributed by atoms with Crippen molar-refractivity contribution in [3.05, 3.63) is 69.5 Å². The molecule has 2 aromatic rings. The van der Waals surface area contributed by atoms with Gasteiger partial charge in [0.15, 0.2) is 0 Å². The monoisotopic (exact) mass is 538 g/mol. The van der Waals surface area contributed by atoms with Crippen LogP contribution in [0, 0.1) is 5.82 Å². The Morgan fingerprint density at radius 1 is 0.917 bits per heavy atom. The van der Waals surface area contributed by atoms with Gasteiger partial charge < -0.3 is 9.64 Å². The minimum absolute atomic E-state index is 0.0132. The second-order valence-electron chi connectivity index (χ2n) is 8.83. The zero-order valence-electron chi connectivity index (χ0n) is 18.8. The van der Waals surface area contributed by atoms with Gasteiger partial charge in [-0.3, -0.25) is 9.69 Å². The van der Waals surface area contributed by atoms with E-state index < -0.39 is 46.7 Å². The molecule has 2 aliphatic rings. The van der Waals surface area contributed by atoms with Crippen molar-refractivity contribution in [1.82, 2.24) is 9.80 Å². The van der Waals surface area contributed by atoms with Crippen LogP contribution in [0.1, 0.15) is 39.4 Å². The molecule has 0 unspecified atom stereocenters. The molecule has 4 nitrogen and oxygen atoms in total. The molecule has 2 aromatic carbocycles. The van der Waals surface area contributed by atoms with E-state index in [1.54, 1.807) is 6.07 Å². The van der Waals surface area contributed by atoms with Crippen LogP contribution in [-0.2, 0) is 17.1 Å². The molecule has 2 aliphatic heterocycles. The SMILES string of the molecule is O=C(c1cc(C(F)(F)F)cc(C(F)(F)F)c1)N1CC[C@@H](N2CCOCC2)[C@@H](c2ccc(Cl)c(F)c2)C1.